The standard InChI is InChI=1S/C32H41N3O5S/c1-4-40-23-13-11-22(12-14-23)33-29(37)26-25-15-16-32(41-25)27(26)31(39)35(17-7-5-6-8-18-36)28(32)30(38)34-24-19-20(2)9-10-21(24)3/h9-14,19,25-28,36H,4-8,15-18H2,1-3H3,(H,33,37)(H,34,38)/t25-,26+,27-,28?,32?/m0/s1. The monoisotopic (exact) mass is 579 g/mol. The fourth-order valence-corrected chi connectivity index (χ4v) is 9.06. The third-order valence-electron chi connectivity index (χ3n) is 8.74. The van der Waals surface area contributed by atoms with Gasteiger partial charge in [0.05, 0.1) is 23.2 Å². The first-order valence-corrected chi connectivity index (χ1v) is 15.7. The molecular weight excluding hydrogens is 538 g/mol. The minimum absolute atomic E-state index is 0.00522. The van der Waals surface area contributed by atoms with Crippen LogP contribution in [0.2, 0.25) is 0 Å². The van der Waals surface area contributed by atoms with Crippen molar-refractivity contribution in [1.29, 1.82) is 0 Å². The van der Waals surface area contributed by atoms with Crippen LogP contribution in [0.4, 0.5) is 11.4 Å². The van der Waals surface area contributed by atoms with Gasteiger partial charge in [0.15, 0.2) is 0 Å². The van der Waals surface area contributed by atoms with Crippen LogP contribution in [0.15, 0.2) is 42.5 Å². The highest BCUT2D eigenvalue weighted by molar-refractivity contribution is 8.02. The number of aliphatic hydroxyl groups excluding tert-OH is 1. The molecule has 2 bridgehead atoms. The summed E-state index contributed by atoms with van der Waals surface area (Å²) in [6, 6.07) is 12.6. The zero-order valence-corrected chi connectivity index (χ0v) is 25.0. The number of nitrogens with one attached hydrogen (secondary N) is 2. The number of fused-ring (bicyclic) bond motifs is 1. The molecule has 3 aliphatic rings. The van der Waals surface area contributed by atoms with Crippen molar-refractivity contribution in [3.05, 3.63) is 53.6 Å². The van der Waals surface area contributed by atoms with E-state index in [2.05, 4.69) is 10.6 Å². The number of aliphatic hydroxyl groups is 1. The summed E-state index contributed by atoms with van der Waals surface area (Å²) < 4.78 is 4.89. The quantitative estimate of drug-likeness (QED) is 0.308. The van der Waals surface area contributed by atoms with Crippen molar-refractivity contribution < 1.29 is 24.2 Å². The van der Waals surface area contributed by atoms with Crippen molar-refractivity contribution in [2.24, 2.45) is 11.8 Å². The first kappa shape index (κ1) is 29.5. The fourth-order valence-electron chi connectivity index (χ4n) is 6.84. The molecule has 2 unspecified atom stereocenters. The molecule has 3 saturated heterocycles. The summed E-state index contributed by atoms with van der Waals surface area (Å²) in [6.07, 6.45) is 4.74. The van der Waals surface area contributed by atoms with Crippen molar-refractivity contribution in [3.63, 3.8) is 0 Å². The van der Waals surface area contributed by atoms with Gasteiger partial charge in [-0.2, -0.15) is 0 Å². The minimum Gasteiger partial charge on any atom is -0.494 e. The predicted octanol–water partition coefficient (Wildman–Crippen LogP) is 4.92. The molecule has 220 valence electrons. The number of aryl methyl sites for hydroxylation is 2. The Morgan fingerprint density at radius 3 is 2.54 bits per heavy atom. The molecule has 3 fully saturated rings. The molecule has 2 aromatic rings. The second kappa shape index (κ2) is 12.4. The summed E-state index contributed by atoms with van der Waals surface area (Å²) in [5, 5.41) is 15.3. The molecule has 1 spiro atoms. The Hall–Kier alpha value is -3.04. The third-order valence-corrected chi connectivity index (χ3v) is 10.7. The summed E-state index contributed by atoms with van der Waals surface area (Å²) in [4.78, 5) is 43.7. The van der Waals surface area contributed by atoms with E-state index in [0.717, 1.165) is 61.1 Å². The largest absolute Gasteiger partial charge is 0.494 e. The minimum atomic E-state index is -0.643. The van der Waals surface area contributed by atoms with Crippen LogP contribution in [-0.2, 0) is 14.4 Å². The maximum atomic E-state index is 14.2. The van der Waals surface area contributed by atoms with Gasteiger partial charge in [0.25, 0.3) is 0 Å². The number of nitrogens with zero attached hydrogens (tertiary/aromatic N) is 1. The van der Waals surface area contributed by atoms with Crippen LogP contribution < -0.4 is 15.4 Å². The number of hydrogen-bond acceptors (Lipinski definition) is 6. The van der Waals surface area contributed by atoms with Crippen molar-refractivity contribution in [1.82, 2.24) is 4.90 Å². The van der Waals surface area contributed by atoms with Crippen molar-refractivity contribution >= 4 is 40.9 Å². The maximum absolute atomic E-state index is 14.2. The van der Waals surface area contributed by atoms with Gasteiger partial charge in [-0.05, 0) is 87.9 Å². The summed E-state index contributed by atoms with van der Waals surface area (Å²) in [5.41, 5.74) is 3.43. The molecule has 3 N–H and O–H groups in total. The first-order valence-electron chi connectivity index (χ1n) is 14.8. The van der Waals surface area contributed by atoms with Crippen molar-refractivity contribution in [3.8, 4) is 5.75 Å². The number of thioether (sulfide) groups is 1. The molecular formula is C32H41N3O5S. The van der Waals surface area contributed by atoms with Crippen LogP contribution in [0, 0.1) is 25.7 Å². The summed E-state index contributed by atoms with van der Waals surface area (Å²) >= 11 is 1.68. The summed E-state index contributed by atoms with van der Waals surface area (Å²) in [7, 11) is 0. The highest BCUT2D eigenvalue weighted by atomic mass is 32.2. The molecule has 5 atom stereocenters. The zero-order valence-electron chi connectivity index (χ0n) is 24.2. The van der Waals surface area contributed by atoms with Gasteiger partial charge in [-0.25, -0.2) is 0 Å². The van der Waals surface area contributed by atoms with Crippen LogP contribution >= 0.6 is 11.8 Å². The Bertz CT molecular complexity index is 1280. The number of ether oxygens (including phenoxy) is 1. The SMILES string of the molecule is CCOc1ccc(NC(=O)[C@@H]2[C@@H]3CCC4(S3)C(C(=O)Nc3cc(C)ccc3C)N(CCCCCCO)C(=O)[C@H]24)cc1. The molecule has 3 heterocycles. The van der Waals surface area contributed by atoms with Crippen LogP contribution in [0.1, 0.15) is 56.6 Å². The molecule has 0 aliphatic carbocycles. The summed E-state index contributed by atoms with van der Waals surface area (Å²) in [5.74, 6) is -0.729. The van der Waals surface area contributed by atoms with Crippen LogP contribution in [0.25, 0.3) is 0 Å². The lowest BCUT2D eigenvalue weighted by Crippen LogP contribution is -2.51. The Morgan fingerprint density at radius 2 is 1.80 bits per heavy atom. The Labute approximate surface area is 246 Å². The van der Waals surface area contributed by atoms with E-state index in [4.69, 9.17) is 9.84 Å². The molecule has 9 heteroatoms. The number of benzene rings is 2. The smallest absolute Gasteiger partial charge is 0.248 e. The second-order valence-corrected chi connectivity index (χ2v) is 13.1. The van der Waals surface area contributed by atoms with Gasteiger partial charge in [0.1, 0.15) is 11.8 Å². The molecule has 0 aromatic heterocycles. The Kier molecular flexibility index (Phi) is 8.94. The Morgan fingerprint density at radius 1 is 1.05 bits per heavy atom. The zero-order chi connectivity index (χ0) is 29.1. The highest BCUT2D eigenvalue weighted by Crippen LogP contribution is 2.66. The van der Waals surface area contributed by atoms with E-state index in [1.165, 1.54) is 0 Å². The lowest BCUT2D eigenvalue weighted by Gasteiger charge is -2.34. The van der Waals surface area contributed by atoms with Gasteiger partial charge in [-0.3, -0.25) is 14.4 Å². The fraction of sp³-hybridized carbons (Fsp3) is 0.531. The molecule has 41 heavy (non-hydrogen) atoms. The number of rotatable bonds is 12. The van der Waals surface area contributed by atoms with E-state index >= 15 is 0 Å². The van der Waals surface area contributed by atoms with Crippen LogP contribution in [0.5, 0.6) is 5.75 Å². The number of hydrogen-bond donors (Lipinski definition) is 3. The molecule has 2 aromatic carbocycles. The number of likely N-dealkylation sites (tertiary alicyclic amines) is 1. The average Bonchev–Trinajstić information content (AvgIpc) is 3.59. The Balaban J connectivity index is 1.40. The third kappa shape index (κ3) is 5.71. The topological polar surface area (TPSA) is 108 Å². The first-order chi connectivity index (χ1) is 19.8. The molecule has 3 amide bonds. The van der Waals surface area contributed by atoms with Gasteiger partial charge < -0.3 is 25.4 Å². The van der Waals surface area contributed by atoms with Crippen molar-refractivity contribution in [2.75, 3.05) is 30.4 Å². The van der Waals surface area contributed by atoms with Gasteiger partial charge in [-0.15, -0.1) is 11.8 Å². The predicted molar refractivity (Wildman–Crippen MR) is 162 cm³/mol. The number of carbonyl (C=O) groups excluding carboxylic acids is 3. The van der Waals surface area contributed by atoms with E-state index < -0.39 is 22.6 Å². The van der Waals surface area contributed by atoms with E-state index in [1.54, 1.807) is 16.7 Å². The molecule has 5 rings (SSSR count). The maximum Gasteiger partial charge on any atom is 0.248 e. The van der Waals surface area contributed by atoms with E-state index in [1.807, 2.05) is 63.2 Å². The van der Waals surface area contributed by atoms with E-state index in [-0.39, 0.29) is 29.6 Å². The van der Waals surface area contributed by atoms with Gasteiger partial charge in [-0.1, -0.05) is 25.0 Å². The number of unbranched alkanes of at least 4 members (excludes halogenated alkanes) is 3. The average molecular weight is 580 g/mol. The highest BCUT2D eigenvalue weighted by Gasteiger charge is 2.73. The molecule has 3 aliphatic heterocycles. The molecule has 0 saturated carbocycles. The van der Waals surface area contributed by atoms with E-state index in [9.17, 15) is 14.4 Å². The number of anilines is 2. The number of carbonyl (C=O) groups is 3. The summed E-state index contributed by atoms with van der Waals surface area (Å²) in [6.45, 7) is 7.05. The lowest BCUT2D eigenvalue weighted by atomic mass is 9.70. The van der Waals surface area contributed by atoms with Gasteiger partial charge >= 0.3 is 0 Å². The molecule has 0 radical (unpaired) electrons. The molecule has 8 nitrogen and oxygen atoms in total. The van der Waals surface area contributed by atoms with Crippen molar-refractivity contribution in [2.45, 2.75) is 75.3 Å². The normalized spacial score (nSPS) is 26.2. The van der Waals surface area contributed by atoms with Gasteiger partial charge in [0, 0.05) is 29.8 Å². The van der Waals surface area contributed by atoms with Crippen LogP contribution in [0.3, 0.4) is 0 Å². The number of amides is 3. The van der Waals surface area contributed by atoms with E-state index in [0.29, 0.717) is 18.8 Å². The van der Waals surface area contributed by atoms with Gasteiger partial charge in [0.2, 0.25) is 17.7 Å². The lowest BCUT2D eigenvalue weighted by molar-refractivity contribution is -0.138. The van der Waals surface area contributed by atoms with Crippen LogP contribution in [-0.4, -0.2) is 63.5 Å². The second-order valence-electron chi connectivity index (χ2n) is 11.5.